The Labute approximate surface area is 340 Å². The summed E-state index contributed by atoms with van der Waals surface area (Å²) >= 11 is 0.409. The van der Waals surface area contributed by atoms with Gasteiger partial charge in [-0.1, -0.05) is 10.1 Å². The van der Waals surface area contributed by atoms with Crippen LogP contribution in [0.2, 0.25) is 0 Å². The Morgan fingerprint density at radius 3 is 1.97 bits per heavy atom. The number of aromatic hydroxyl groups is 1. The Hall–Kier alpha value is -4.49. The predicted octanol–water partition coefficient (Wildman–Crippen LogP) is 4.70. The number of hydrogen-bond donors (Lipinski definition) is 7. The van der Waals surface area contributed by atoms with Gasteiger partial charge in [-0.05, 0) is 60.0 Å². The summed E-state index contributed by atoms with van der Waals surface area (Å²) in [6, 6.07) is 8.93. The molecule has 32 heteroatoms. The van der Waals surface area contributed by atoms with Crippen molar-refractivity contribution in [2.45, 2.75) is 19.6 Å². The molecule has 0 radical (unpaired) electrons. The molecule has 0 fully saturated rings. The van der Waals surface area contributed by atoms with E-state index in [1.807, 2.05) is 0 Å². The minimum absolute atomic E-state index is 0.0164. The van der Waals surface area contributed by atoms with E-state index in [0.717, 1.165) is 24.3 Å². The highest BCUT2D eigenvalue weighted by Gasteiger charge is 2.26. The van der Waals surface area contributed by atoms with E-state index in [4.69, 9.17) is 25.0 Å². The molecule has 0 aromatic heterocycles. The summed E-state index contributed by atoms with van der Waals surface area (Å²) in [6.07, 6.45) is 0. The summed E-state index contributed by atoms with van der Waals surface area (Å²) in [5.41, 5.74) is 2.82. The van der Waals surface area contributed by atoms with Gasteiger partial charge in [-0.15, -0.1) is 24.0 Å². The second kappa shape index (κ2) is 19.7. The number of phenols is 1. The van der Waals surface area contributed by atoms with Crippen molar-refractivity contribution < 1.29 is 95.4 Å². The van der Waals surface area contributed by atoms with Crippen LogP contribution >= 0.6 is 24.4 Å². The molecule has 4 rings (SSSR count). The second-order valence-corrected chi connectivity index (χ2v) is 18.8. The number of benzene rings is 4. The first-order valence-electron chi connectivity index (χ1n) is 15.0. The zero-order valence-electron chi connectivity index (χ0n) is 28.6. The van der Waals surface area contributed by atoms with Crippen LogP contribution in [0.1, 0.15) is 10.4 Å². The number of azo groups is 2. The smallest absolute Gasteiger partial charge is 0.397 e. The summed E-state index contributed by atoms with van der Waals surface area (Å²) in [7, 11) is -18.5. The molecule has 4 aromatic carbocycles. The lowest BCUT2D eigenvalue weighted by Gasteiger charge is -2.14. The lowest BCUT2D eigenvalue weighted by atomic mass is 10.1. The van der Waals surface area contributed by atoms with Gasteiger partial charge in [0.05, 0.1) is 73.8 Å². The van der Waals surface area contributed by atoms with Crippen LogP contribution in [0.15, 0.2) is 94.6 Å². The number of nitrogen functional groups attached to an aromatic ring is 1. The molecule has 8 N–H and O–H groups in total. The third-order valence-electron chi connectivity index (χ3n) is 7.15. The Kier molecular flexibility index (Phi) is 15.8. The number of anilines is 1. The van der Waals surface area contributed by atoms with Crippen LogP contribution in [0.5, 0.6) is 5.75 Å². The number of carbonyl (C=O) groups is 1. The molecule has 0 aliphatic heterocycles. The van der Waals surface area contributed by atoms with Crippen molar-refractivity contribution in [2.75, 3.05) is 30.5 Å². The lowest BCUT2D eigenvalue weighted by Crippen LogP contribution is -2.16. The number of carboxylic acid groups (broad SMARTS) is 1. The predicted molar refractivity (Wildman–Crippen MR) is 199 cm³/mol. The third-order valence-corrected chi connectivity index (χ3v) is 12.9. The number of phenolic OH excluding ortho intramolecular Hbond substituents is 1. The summed E-state index contributed by atoms with van der Waals surface area (Å²) in [4.78, 5) is 10.0. The SMILES string of the molecule is Nc1c(N=Nc2ccc(S(=O)(=O)CCOS(=O)(=O)O)cc2C(=O)O)c(S(=O)(=O)O)cc2cc(SOOO)c(N=Nc3ccc(S(=O)(=O)CCOSOOO)cc3)c(O)c12. The molecule has 0 spiro atoms. The molecule has 26 nitrogen and oxygen atoms in total. The largest absolute Gasteiger partial charge is 0.505 e. The van der Waals surface area contributed by atoms with E-state index in [2.05, 4.69) is 43.4 Å². The zero-order chi connectivity index (χ0) is 43.8. The molecule has 0 saturated heterocycles. The van der Waals surface area contributed by atoms with Crippen molar-refractivity contribution in [1.82, 2.24) is 0 Å². The van der Waals surface area contributed by atoms with E-state index in [-0.39, 0.29) is 51.8 Å². The minimum Gasteiger partial charge on any atom is -0.505 e. The summed E-state index contributed by atoms with van der Waals surface area (Å²) in [6.45, 7) is -1.39. The summed E-state index contributed by atoms with van der Waals surface area (Å²) in [5.74, 6) is -4.14. The van der Waals surface area contributed by atoms with Crippen LogP contribution in [0.4, 0.5) is 28.4 Å². The van der Waals surface area contributed by atoms with Gasteiger partial charge in [-0.3, -0.25) is 13.3 Å². The van der Waals surface area contributed by atoms with Crippen LogP contribution in [-0.4, -0.2) is 94.2 Å². The van der Waals surface area contributed by atoms with Crippen molar-refractivity contribution in [1.29, 1.82) is 0 Å². The molecule has 0 aliphatic rings. The first-order valence-corrected chi connectivity index (χ1v) is 22.5. The van der Waals surface area contributed by atoms with Gasteiger partial charge < -0.3 is 15.9 Å². The standard InChI is InChI=1S/C27H25N5O21S6/c28-23-22-14(11-20(54-52-50-36)24(26(22)33)31-29-15-1-3-16(4-2-15)56(38,39)9-7-48-55-53-51-37)12-21(58(42,43)44)25(23)32-30-19-6-5-17(13-18(19)27(34)35)57(40,41)10-8-49-59(45,46)47/h1-6,11-13,33,36-37H,7-10,28H2,(H,34,35)(H,42,43,44)(H,45,46,47). The zero-order valence-corrected chi connectivity index (χ0v) is 33.5. The average molecular weight is 948 g/mol. The van der Waals surface area contributed by atoms with Crippen LogP contribution < -0.4 is 5.73 Å². The molecule has 0 saturated carbocycles. The number of hydrogen-bond acceptors (Lipinski definition) is 25. The van der Waals surface area contributed by atoms with Gasteiger partial charge in [0.2, 0.25) is 0 Å². The molecular weight excluding hydrogens is 923 g/mol. The van der Waals surface area contributed by atoms with Gasteiger partial charge in [0.1, 0.15) is 22.0 Å². The molecule has 320 valence electrons. The Balaban J connectivity index is 1.78. The molecule has 0 bridgehead atoms. The Morgan fingerprint density at radius 1 is 0.746 bits per heavy atom. The second-order valence-electron chi connectivity index (χ2n) is 10.8. The van der Waals surface area contributed by atoms with Crippen LogP contribution in [0.3, 0.4) is 0 Å². The monoisotopic (exact) mass is 947 g/mol. The Bertz CT molecular complexity index is 2730. The van der Waals surface area contributed by atoms with E-state index in [1.54, 1.807) is 0 Å². The molecule has 0 unspecified atom stereocenters. The molecule has 0 amide bonds. The van der Waals surface area contributed by atoms with Crippen LogP contribution in [-0.2, 0) is 67.3 Å². The number of carboxylic acids is 1. The van der Waals surface area contributed by atoms with Crippen molar-refractivity contribution >= 4 is 110 Å². The Morgan fingerprint density at radius 2 is 1.36 bits per heavy atom. The molecule has 0 heterocycles. The summed E-state index contributed by atoms with van der Waals surface area (Å²) in [5, 5.41) is 59.6. The first kappa shape index (κ1) is 47.2. The number of sulfone groups is 2. The maximum atomic E-state index is 12.7. The van der Waals surface area contributed by atoms with Gasteiger partial charge in [-0.2, -0.15) is 21.9 Å². The summed E-state index contributed by atoms with van der Waals surface area (Å²) < 4.78 is 133. The van der Waals surface area contributed by atoms with Gasteiger partial charge in [0.15, 0.2) is 37.7 Å². The van der Waals surface area contributed by atoms with Crippen LogP contribution in [0.25, 0.3) is 10.8 Å². The number of rotatable bonds is 21. The molecule has 4 aromatic rings. The minimum atomic E-state index is -5.24. The normalized spacial score (nSPS) is 12.9. The fraction of sp³-hybridized carbons (Fsp3) is 0.148. The highest BCUT2D eigenvalue weighted by atomic mass is 32.3. The number of fused-ring (bicyclic) bond motifs is 1. The van der Waals surface area contributed by atoms with Gasteiger partial charge in [0, 0.05) is 0 Å². The third kappa shape index (κ3) is 12.5. The van der Waals surface area contributed by atoms with Crippen molar-refractivity contribution in [3.8, 4) is 5.75 Å². The van der Waals surface area contributed by atoms with E-state index < -0.39 is 114 Å². The molecule has 59 heavy (non-hydrogen) atoms. The van der Waals surface area contributed by atoms with E-state index >= 15 is 0 Å². The van der Waals surface area contributed by atoms with Crippen molar-refractivity contribution in [2.24, 2.45) is 20.5 Å². The van der Waals surface area contributed by atoms with Crippen molar-refractivity contribution in [3.63, 3.8) is 0 Å². The highest BCUT2D eigenvalue weighted by molar-refractivity contribution is 7.94. The van der Waals surface area contributed by atoms with E-state index in [0.29, 0.717) is 6.07 Å². The van der Waals surface area contributed by atoms with Gasteiger partial charge in [-0.25, -0.2) is 36.3 Å². The average Bonchev–Trinajstić information content (AvgIpc) is 3.15. The fourth-order valence-corrected chi connectivity index (χ4v) is 8.70. The fourth-order valence-electron chi connectivity index (χ4n) is 4.62. The maximum absolute atomic E-state index is 12.7. The number of nitrogens with zero attached hydrogens (tertiary/aromatic N) is 4. The highest BCUT2D eigenvalue weighted by Crippen LogP contribution is 2.49. The van der Waals surface area contributed by atoms with Crippen LogP contribution in [0, 0.1) is 0 Å². The molecular formula is C27H25N5O21S6. The topological polar surface area (TPSA) is 406 Å². The van der Waals surface area contributed by atoms with E-state index in [1.165, 1.54) is 24.3 Å². The molecule has 0 atom stereocenters. The number of nitrogens with two attached hydrogens (primary N) is 1. The quantitative estimate of drug-likeness (QED) is 0.0113. The van der Waals surface area contributed by atoms with Crippen molar-refractivity contribution in [3.05, 3.63) is 60.2 Å². The van der Waals surface area contributed by atoms with Gasteiger partial charge in [0.25, 0.3) is 10.1 Å². The van der Waals surface area contributed by atoms with E-state index in [9.17, 15) is 53.2 Å². The first-order chi connectivity index (χ1) is 27.6. The maximum Gasteiger partial charge on any atom is 0.397 e. The lowest BCUT2D eigenvalue weighted by molar-refractivity contribution is -0.434. The van der Waals surface area contributed by atoms with Gasteiger partial charge >= 0.3 is 16.4 Å². The molecule has 0 aliphatic carbocycles. The number of aromatic carboxylic acids is 1.